The zero-order valence-corrected chi connectivity index (χ0v) is 22.9. The Labute approximate surface area is 221 Å². The molecular weight excluding hydrogens is 468 g/mol. The second-order valence-electron chi connectivity index (χ2n) is 10.7. The standard InChI is InChI=1S/C30H42N2O5/c1-5-6-7-8-9-10-11-12-13-14-17-35-24-19-27(34)32(21-24)28-25-18-23(20-31)15-16-26(25)37-30(3,4)29(28)36-22(2)33/h15-16,18-19,28-29H,5-14,17,21H2,1-4H3. The minimum absolute atomic E-state index is 0.203. The molecule has 1 amide bonds. The number of nitrogens with zero attached hydrogens (tertiary/aromatic N) is 2. The number of hydrogen-bond donors (Lipinski definition) is 0. The zero-order valence-electron chi connectivity index (χ0n) is 22.9. The summed E-state index contributed by atoms with van der Waals surface area (Å²) in [5.74, 6) is 0.532. The van der Waals surface area contributed by atoms with Gasteiger partial charge in [-0.3, -0.25) is 9.59 Å². The number of unbranched alkanes of at least 4 members (excludes halogenated alkanes) is 9. The number of ether oxygens (including phenoxy) is 3. The van der Waals surface area contributed by atoms with Gasteiger partial charge in [-0.15, -0.1) is 0 Å². The predicted octanol–water partition coefficient (Wildman–Crippen LogP) is 6.37. The van der Waals surface area contributed by atoms with Crippen molar-refractivity contribution in [3.63, 3.8) is 0 Å². The van der Waals surface area contributed by atoms with E-state index in [1.807, 2.05) is 13.8 Å². The first kappa shape index (κ1) is 28.6. The van der Waals surface area contributed by atoms with Crippen LogP contribution < -0.4 is 4.74 Å². The van der Waals surface area contributed by atoms with Gasteiger partial charge >= 0.3 is 5.97 Å². The highest BCUT2D eigenvalue weighted by Gasteiger charge is 2.50. The molecule has 0 bridgehead atoms. The zero-order chi connectivity index (χ0) is 26.8. The lowest BCUT2D eigenvalue weighted by Crippen LogP contribution is -2.55. The minimum atomic E-state index is -0.878. The van der Waals surface area contributed by atoms with E-state index in [9.17, 15) is 14.9 Å². The summed E-state index contributed by atoms with van der Waals surface area (Å²) in [5, 5.41) is 9.44. The van der Waals surface area contributed by atoms with E-state index in [-0.39, 0.29) is 12.5 Å². The van der Waals surface area contributed by atoms with Gasteiger partial charge in [0.2, 0.25) is 0 Å². The number of amides is 1. The van der Waals surface area contributed by atoms with Gasteiger partial charge in [-0.2, -0.15) is 5.26 Å². The van der Waals surface area contributed by atoms with Gasteiger partial charge in [0.05, 0.1) is 24.8 Å². The number of esters is 1. The molecule has 0 fully saturated rings. The summed E-state index contributed by atoms with van der Waals surface area (Å²) < 4.78 is 17.8. The summed E-state index contributed by atoms with van der Waals surface area (Å²) in [4.78, 5) is 26.8. The number of benzene rings is 1. The molecule has 2 aliphatic heterocycles. The van der Waals surface area contributed by atoms with Crippen molar-refractivity contribution in [2.24, 2.45) is 0 Å². The van der Waals surface area contributed by atoms with Gasteiger partial charge in [0.25, 0.3) is 5.91 Å². The first-order valence-electron chi connectivity index (χ1n) is 13.8. The highest BCUT2D eigenvalue weighted by atomic mass is 16.6. The van der Waals surface area contributed by atoms with Crippen molar-refractivity contribution in [2.45, 2.75) is 110 Å². The molecule has 2 atom stereocenters. The van der Waals surface area contributed by atoms with Crippen LogP contribution in [0.15, 0.2) is 30.0 Å². The molecule has 2 unspecified atom stereocenters. The number of rotatable bonds is 14. The molecule has 0 N–H and O–H groups in total. The topological polar surface area (TPSA) is 88.9 Å². The first-order valence-corrected chi connectivity index (χ1v) is 13.8. The average molecular weight is 511 g/mol. The lowest BCUT2D eigenvalue weighted by molar-refractivity contribution is -0.171. The van der Waals surface area contributed by atoms with Crippen molar-refractivity contribution in [3.05, 3.63) is 41.2 Å². The quantitative estimate of drug-likeness (QED) is 0.214. The van der Waals surface area contributed by atoms with Gasteiger partial charge in [-0.25, -0.2) is 0 Å². The summed E-state index contributed by atoms with van der Waals surface area (Å²) in [6.07, 6.45) is 13.3. The molecule has 37 heavy (non-hydrogen) atoms. The fourth-order valence-electron chi connectivity index (χ4n) is 5.17. The second-order valence-corrected chi connectivity index (χ2v) is 10.7. The van der Waals surface area contributed by atoms with Gasteiger partial charge in [0.1, 0.15) is 23.2 Å². The fraction of sp³-hybridized carbons (Fsp3) is 0.633. The maximum Gasteiger partial charge on any atom is 0.303 e. The molecule has 3 rings (SSSR count). The molecule has 0 saturated carbocycles. The average Bonchev–Trinajstić information content (AvgIpc) is 3.22. The van der Waals surface area contributed by atoms with Gasteiger partial charge in [-0.05, 0) is 38.5 Å². The molecule has 7 nitrogen and oxygen atoms in total. The van der Waals surface area contributed by atoms with E-state index in [1.165, 1.54) is 64.4 Å². The van der Waals surface area contributed by atoms with E-state index in [2.05, 4.69) is 13.0 Å². The third-order valence-corrected chi connectivity index (χ3v) is 7.11. The lowest BCUT2D eigenvalue weighted by atomic mass is 9.84. The van der Waals surface area contributed by atoms with Crippen LogP contribution in [0.5, 0.6) is 5.75 Å². The van der Waals surface area contributed by atoms with Gasteiger partial charge in [0.15, 0.2) is 6.10 Å². The minimum Gasteiger partial charge on any atom is -0.496 e. The maximum atomic E-state index is 13.1. The van der Waals surface area contributed by atoms with Crippen molar-refractivity contribution in [1.82, 2.24) is 4.90 Å². The molecule has 0 aliphatic carbocycles. The number of nitriles is 1. The van der Waals surface area contributed by atoms with Crippen molar-refractivity contribution in [3.8, 4) is 11.8 Å². The smallest absolute Gasteiger partial charge is 0.303 e. The molecule has 0 radical (unpaired) electrons. The first-order chi connectivity index (χ1) is 17.8. The van der Waals surface area contributed by atoms with E-state index in [0.717, 1.165) is 12.8 Å². The normalized spacial score (nSPS) is 20.0. The van der Waals surface area contributed by atoms with Crippen molar-refractivity contribution < 1.29 is 23.8 Å². The second kappa shape index (κ2) is 13.5. The largest absolute Gasteiger partial charge is 0.496 e. The molecule has 0 spiro atoms. The van der Waals surface area contributed by atoms with E-state index < -0.39 is 23.7 Å². The highest BCUT2D eigenvalue weighted by molar-refractivity contribution is 5.91. The molecule has 7 heteroatoms. The van der Waals surface area contributed by atoms with Crippen LogP contribution in [0.2, 0.25) is 0 Å². The van der Waals surface area contributed by atoms with Crippen LogP contribution in [-0.4, -0.2) is 41.6 Å². The van der Waals surface area contributed by atoms with Crippen LogP contribution in [0.3, 0.4) is 0 Å². The van der Waals surface area contributed by atoms with E-state index in [4.69, 9.17) is 14.2 Å². The number of carbonyl (C=O) groups is 2. The van der Waals surface area contributed by atoms with E-state index in [1.54, 1.807) is 23.1 Å². The van der Waals surface area contributed by atoms with Crippen LogP contribution in [-0.2, 0) is 19.1 Å². The summed E-state index contributed by atoms with van der Waals surface area (Å²) in [5.41, 5.74) is 0.227. The fourth-order valence-corrected chi connectivity index (χ4v) is 5.17. The molecular formula is C30H42N2O5. The third kappa shape index (κ3) is 7.74. The Hall–Kier alpha value is -3.01. The van der Waals surface area contributed by atoms with E-state index in [0.29, 0.717) is 29.2 Å². The number of hydrogen-bond acceptors (Lipinski definition) is 6. The molecule has 1 aromatic rings. The Morgan fingerprint density at radius 3 is 2.38 bits per heavy atom. The highest BCUT2D eigenvalue weighted by Crippen LogP contribution is 2.45. The molecule has 202 valence electrons. The predicted molar refractivity (Wildman–Crippen MR) is 142 cm³/mol. The Bertz CT molecular complexity index is 1010. The lowest BCUT2D eigenvalue weighted by Gasteiger charge is -2.46. The van der Waals surface area contributed by atoms with Crippen molar-refractivity contribution >= 4 is 11.9 Å². The summed E-state index contributed by atoms with van der Waals surface area (Å²) in [6, 6.07) is 6.68. The Morgan fingerprint density at radius 1 is 1.11 bits per heavy atom. The Kier molecular flexibility index (Phi) is 10.4. The number of fused-ring (bicyclic) bond motifs is 1. The van der Waals surface area contributed by atoms with Crippen LogP contribution in [0.4, 0.5) is 0 Å². The summed E-state index contributed by atoms with van der Waals surface area (Å²) in [7, 11) is 0. The van der Waals surface area contributed by atoms with Crippen LogP contribution in [0.1, 0.15) is 109 Å². The van der Waals surface area contributed by atoms with Crippen molar-refractivity contribution in [2.75, 3.05) is 13.2 Å². The molecule has 0 aromatic heterocycles. The molecule has 1 aromatic carbocycles. The van der Waals surface area contributed by atoms with Gasteiger partial charge < -0.3 is 19.1 Å². The van der Waals surface area contributed by atoms with Crippen LogP contribution in [0.25, 0.3) is 0 Å². The monoisotopic (exact) mass is 510 g/mol. The Balaban J connectivity index is 1.57. The van der Waals surface area contributed by atoms with Crippen molar-refractivity contribution in [1.29, 1.82) is 5.26 Å². The van der Waals surface area contributed by atoms with Gasteiger partial charge in [-0.1, -0.05) is 64.7 Å². The molecule has 2 aliphatic rings. The van der Waals surface area contributed by atoms with Crippen LogP contribution >= 0.6 is 0 Å². The Morgan fingerprint density at radius 2 is 1.76 bits per heavy atom. The van der Waals surface area contributed by atoms with Gasteiger partial charge in [0, 0.05) is 18.6 Å². The van der Waals surface area contributed by atoms with Crippen LogP contribution in [0, 0.1) is 11.3 Å². The maximum absolute atomic E-state index is 13.1. The molecule has 2 heterocycles. The summed E-state index contributed by atoms with van der Waals surface area (Å²) >= 11 is 0. The summed E-state index contributed by atoms with van der Waals surface area (Å²) in [6.45, 7) is 8.12. The third-order valence-electron chi connectivity index (χ3n) is 7.11. The SMILES string of the molecule is CCCCCCCCCCCCOC1=CC(=O)N(C2c3cc(C#N)ccc3OC(C)(C)C2OC(C)=O)C1. The van der Waals surface area contributed by atoms with E-state index >= 15 is 0 Å². The number of carbonyl (C=O) groups excluding carboxylic acids is 2. The molecule has 0 saturated heterocycles.